The van der Waals surface area contributed by atoms with Gasteiger partial charge in [0.05, 0.1) is 9.40 Å². The Balaban J connectivity index is 3.04. The fourth-order valence-electron chi connectivity index (χ4n) is 2.02. The molecule has 1 unspecified atom stereocenters. The van der Waals surface area contributed by atoms with Gasteiger partial charge in [0.1, 0.15) is 5.82 Å². The highest BCUT2D eigenvalue weighted by Crippen LogP contribution is 2.28. The minimum Gasteiger partial charge on any atom is -0.313 e. The topological polar surface area (TPSA) is 55.2 Å². The van der Waals surface area contributed by atoms with Crippen molar-refractivity contribution in [3.05, 3.63) is 38.1 Å². The lowest BCUT2D eigenvalue weighted by molar-refractivity contribution is -0.385. The zero-order valence-corrected chi connectivity index (χ0v) is 13.5. The van der Waals surface area contributed by atoms with E-state index in [0.717, 1.165) is 13.0 Å². The SMILES string of the molecule is CCCNC(Cc1cc(F)c(Br)cc1[N+](=O)[O-])C(C)C. The Morgan fingerprint density at radius 3 is 2.60 bits per heavy atom. The highest BCUT2D eigenvalue weighted by atomic mass is 79.9. The van der Waals surface area contributed by atoms with Crippen molar-refractivity contribution in [2.45, 2.75) is 39.7 Å². The molecular formula is C14H20BrFN2O2. The van der Waals surface area contributed by atoms with Crippen LogP contribution in [0.25, 0.3) is 0 Å². The zero-order valence-electron chi connectivity index (χ0n) is 12.0. The Morgan fingerprint density at radius 1 is 1.45 bits per heavy atom. The van der Waals surface area contributed by atoms with Crippen LogP contribution in [-0.2, 0) is 6.42 Å². The molecule has 1 N–H and O–H groups in total. The second kappa shape index (κ2) is 7.69. The molecule has 0 amide bonds. The summed E-state index contributed by atoms with van der Waals surface area (Å²) < 4.78 is 13.8. The summed E-state index contributed by atoms with van der Waals surface area (Å²) >= 11 is 2.99. The Morgan fingerprint density at radius 2 is 2.10 bits per heavy atom. The van der Waals surface area contributed by atoms with E-state index in [0.29, 0.717) is 17.9 Å². The predicted octanol–water partition coefficient (Wildman–Crippen LogP) is 4.06. The van der Waals surface area contributed by atoms with Crippen molar-refractivity contribution in [3.8, 4) is 0 Å². The van der Waals surface area contributed by atoms with E-state index in [1.54, 1.807) is 0 Å². The van der Waals surface area contributed by atoms with Gasteiger partial charge >= 0.3 is 0 Å². The standard InChI is InChI=1S/C14H20BrFN2O2/c1-4-5-17-13(9(2)3)7-10-6-12(16)11(15)8-14(10)18(19)20/h6,8-9,13,17H,4-5,7H2,1-3H3. The molecule has 0 radical (unpaired) electrons. The molecule has 0 bridgehead atoms. The molecule has 4 nitrogen and oxygen atoms in total. The van der Waals surface area contributed by atoms with Gasteiger partial charge in [-0.05, 0) is 47.3 Å². The van der Waals surface area contributed by atoms with Crippen molar-refractivity contribution >= 4 is 21.6 Å². The van der Waals surface area contributed by atoms with Crippen LogP contribution in [0.15, 0.2) is 16.6 Å². The summed E-state index contributed by atoms with van der Waals surface area (Å²) in [6.07, 6.45) is 1.43. The van der Waals surface area contributed by atoms with Gasteiger partial charge in [-0.1, -0.05) is 20.8 Å². The normalized spacial score (nSPS) is 12.7. The summed E-state index contributed by atoms with van der Waals surface area (Å²) in [5.41, 5.74) is 0.389. The molecule has 0 saturated carbocycles. The van der Waals surface area contributed by atoms with Crippen molar-refractivity contribution in [1.82, 2.24) is 5.32 Å². The molecule has 0 aliphatic rings. The first kappa shape index (κ1) is 17.0. The van der Waals surface area contributed by atoms with E-state index < -0.39 is 10.7 Å². The van der Waals surface area contributed by atoms with E-state index in [9.17, 15) is 14.5 Å². The molecule has 0 saturated heterocycles. The molecule has 1 rings (SSSR count). The number of nitro benzene ring substituents is 1. The molecule has 1 aromatic carbocycles. The van der Waals surface area contributed by atoms with Crippen LogP contribution < -0.4 is 5.32 Å². The van der Waals surface area contributed by atoms with Crippen LogP contribution >= 0.6 is 15.9 Å². The van der Waals surface area contributed by atoms with Gasteiger partial charge in [0, 0.05) is 17.7 Å². The van der Waals surface area contributed by atoms with Crippen LogP contribution in [0.1, 0.15) is 32.8 Å². The minimum atomic E-state index is -0.469. The monoisotopic (exact) mass is 346 g/mol. The van der Waals surface area contributed by atoms with Gasteiger partial charge in [-0.2, -0.15) is 0 Å². The second-order valence-electron chi connectivity index (χ2n) is 5.16. The van der Waals surface area contributed by atoms with E-state index >= 15 is 0 Å². The molecule has 0 spiro atoms. The van der Waals surface area contributed by atoms with Crippen molar-refractivity contribution in [1.29, 1.82) is 0 Å². The molecule has 20 heavy (non-hydrogen) atoms. The van der Waals surface area contributed by atoms with E-state index in [1.165, 1.54) is 12.1 Å². The average molecular weight is 347 g/mol. The van der Waals surface area contributed by atoms with Gasteiger partial charge in [0.2, 0.25) is 0 Å². The van der Waals surface area contributed by atoms with Crippen molar-refractivity contribution in [2.75, 3.05) is 6.54 Å². The van der Waals surface area contributed by atoms with E-state index in [4.69, 9.17) is 0 Å². The predicted molar refractivity (Wildman–Crippen MR) is 81.4 cm³/mol. The summed E-state index contributed by atoms with van der Waals surface area (Å²) in [5.74, 6) is -0.156. The number of rotatable bonds is 7. The van der Waals surface area contributed by atoms with Crippen LogP contribution in [0.3, 0.4) is 0 Å². The minimum absolute atomic E-state index is 0.0396. The van der Waals surface area contributed by atoms with Crippen LogP contribution in [0.4, 0.5) is 10.1 Å². The van der Waals surface area contributed by atoms with E-state index in [-0.39, 0.29) is 16.2 Å². The van der Waals surface area contributed by atoms with E-state index in [1.807, 2.05) is 13.8 Å². The van der Waals surface area contributed by atoms with Gasteiger partial charge in [0.15, 0.2) is 0 Å². The first-order valence-corrected chi connectivity index (χ1v) is 7.51. The van der Waals surface area contributed by atoms with Gasteiger partial charge in [-0.3, -0.25) is 10.1 Å². The number of nitrogens with zero attached hydrogens (tertiary/aromatic N) is 1. The molecular weight excluding hydrogens is 327 g/mol. The Bertz CT molecular complexity index is 480. The third kappa shape index (κ3) is 4.52. The molecule has 0 aliphatic carbocycles. The largest absolute Gasteiger partial charge is 0.313 e. The number of nitrogens with one attached hydrogen (secondary N) is 1. The second-order valence-corrected chi connectivity index (χ2v) is 6.02. The number of hydrogen-bond donors (Lipinski definition) is 1. The summed E-state index contributed by atoms with van der Waals surface area (Å²) in [7, 11) is 0. The highest BCUT2D eigenvalue weighted by molar-refractivity contribution is 9.10. The number of benzene rings is 1. The van der Waals surface area contributed by atoms with Gasteiger partial charge in [-0.15, -0.1) is 0 Å². The Kier molecular flexibility index (Phi) is 6.55. The van der Waals surface area contributed by atoms with Crippen molar-refractivity contribution in [3.63, 3.8) is 0 Å². The first-order chi connectivity index (χ1) is 9.36. The smallest absolute Gasteiger partial charge is 0.273 e. The molecule has 0 fully saturated rings. The summed E-state index contributed by atoms with van der Waals surface area (Å²) in [4.78, 5) is 10.6. The third-order valence-corrected chi connectivity index (χ3v) is 3.83. The summed E-state index contributed by atoms with van der Waals surface area (Å²) in [6, 6.07) is 2.59. The zero-order chi connectivity index (χ0) is 15.3. The summed E-state index contributed by atoms with van der Waals surface area (Å²) in [6.45, 7) is 7.00. The number of hydrogen-bond acceptors (Lipinski definition) is 3. The maximum absolute atomic E-state index is 13.6. The van der Waals surface area contributed by atoms with Gasteiger partial charge in [0.25, 0.3) is 5.69 Å². The number of nitro groups is 1. The molecule has 6 heteroatoms. The maximum atomic E-state index is 13.6. The Labute approximate surface area is 127 Å². The Hall–Kier alpha value is -1.01. The van der Waals surface area contributed by atoms with Crippen LogP contribution in [0, 0.1) is 21.8 Å². The third-order valence-electron chi connectivity index (χ3n) is 3.22. The summed E-state index contributed by atoms with van der Waals surface area (Å²) in [5, 5.41) is 14.5. The van der Waals surface area contributed by atoms with Gasteiger partial charge in [-0.25, -0.2) is 4.39 Å². The number of halogens is 2. The quantitative estimate of drug-likeness (QED) is 0.598. The molecule has 0 heterocycles. The highest BCUT2D eigenvalue weighted by Gasteiger charge is 2.22. The van der Waals surface area contributed by atoms with Crippen molar-refractivity contribution < 1.29 is 9.31 Å². The fraction of sp³-hybridized carbons (Fsp3) is 0.571. The van der Waals surface area contributed by atoms with Crippen LogP contribution in [0.5, 0.6) is 0 Å². The molecule has 112 valence electrons. The average Bonchev–Trinajstić information content (AvgIpc) is 2.37. The molecule has 0 aromatic heterocycles. The van der Waals surface area contributed by atoms with Crippen LogP contribution in [-0.4, -0.2) is 17.5 Å². The van der Waals surface area contributed by atoms with Crippen LogP contribution in [0.2, 0.25) is 0 Å². The first-order valence-electron chi connectivity index (χ1n) is 6.72. The maximum Gasteiger partial charge on any atom is 0.273 e. The molecule has 1 aromatic rings. The lowest BCUT2D eigenvalue weighted by Gasteiger charge is -2.22. The van der Waals surface area contributed by atoms with Crippen molar-refractivity contribution in [2.24, 2.45) is 5.92 Å². The van der Waals surface area contributed by atoms with E-state index in [2.05, 4.69) is 28.2 Å². The molecule has 0 aliphatic heterocycles. The molecule has 1 atom stereocenters. The lowest BCUT2D eigenvalue weighted by atomic mass is 9.95. The lowest BCUT2D eigenvalue weighted by Crippen LogP contribution is -2.36. The fourth-order valence-corrected chi connectivity index (χ4v) is 2.35. The van der Waals surface area contributed by atoms with Gasteiger partial charge < -0.3 is 5.32 Å².